The maximum Gasteiger partial charge on any atom is 0.270 e. The largest absolute Gasteiger partial charge is 0.477 e. The van der Waals surface area contributed by atoms with Gasteiger partial charge in [0, 0.05) is 53.5 Å². The van der Waals surface area contributed by atoms with Crippen LogP contribution in [0.5, 0.6) is 0 Å². The first-order valence-corrected chi connectivity index (χ1v) is 13.1. The number of rotatable bonds is 3. The van der Waals surface area contributed by atoms with Gasteiger partial charge in [0.2, 0.25) is 0 Å². The number of ketones is 3. The zero-order valence-corrected chi connectivity index (χ0v) is 24.7. The molecule has 0 bridgehead atoms. The van der Waals surface area contributed by atoms with E-state index in [1.807, 2.05) is 0 Å². The summed E-state index contributed by atoms with van der Waals surface area (Å²) in [5.74, 6) is 0.108. The van der Waals surface area contributed by atoms with Crippen LogP contribution in [0.1, 0.15) is 0 Å². The number of hydrogen-bond acceptors (Lipinski definition) is 15. The third kappa shape index (κ3) is 8.64. The molecule has 18 nitrogen and oxygen atoms in total. The van der Waals surface area contributed by atoms with Crippen LogP contribution in [0.4, 0.5) is 0 Å². The van der Waals surface area contributed by atoms with Crippen molar-refractivity contribution in [1.82, 2.24) is 16.0 Å². The standard InChI is InChI=1S/3C9H8N2O4.Mn/c3*12-8-2-1-6(11(13)14)5-7(8)9-10-3-4-15-9;/h3*1-2,5,10H,3-4H2;/b3*9-7+;. The summed E-state index contributed by atoms with van der Waals surface area (Å²) in [6.07, 6.45) is 10.7. The molecule has 241 valence electrons. The quantitative estimate of drug-likeness (QED) is 0.158. The van der Waals surface area contributed by atoms with Crippen molar-refractivity contribution in [3.05, 3.63) is 136 Å². The van der Waals surface area contributed by atoms with Crippen LogP contribution in [0, 0.1) is 30.3 Å². The number of ether oxygens (including phenoxy) is 3. The van der Waals surface area contributed by atoms with Gasteiger partial charge in [-0.1, -0.05) is 0 Å². The molecule has 3 saturated heterocycles. The number of allylic oxidation sites excluding steroid dienone is 12. The number of nitro groups is 3. The van der Waals surface area contributed by atoms with E-state index in [1.165, 1.54) is 54.7 Å². The number of nitrogens with one attached hydrogen (secondary N) is 3. The summed E-state index contributed by atoms with van der Waals surface area (Å²) < 4.78 is 15.4. The average molecular weight is 679 g/mol. The van der Waals surface area contributed by atoms with Gasteiger partial charge in [-0.2, -0.15) is 0 Å². The molecule has 6 aliphatic rings. The van der Waals surface area contributed by atoms with Gasteiger partial charge in [0.1, 0.15) is 19.8 Å². The monoisotopic (exact) mass is 679 g/mol. The van der Waals surface area contributed by atoms with Gasteiger partial charge >= 0.3 is 0 Å². The summed E-state index contributed by atoms with van der Waals surface area (Å²) in [7, 11) is 0. The van der Waals surface area contributed by atoms with Gasteiger partial charge in [0.15, 0.2) is 35.0 Å². The van der Waals surface area contributed by atoms with Crippen molar-refractivity contribution < 1.29 is 60.4 Å². The maximum atomic E-state index is 11.4. The van der Waals surface area contributed by atoms with Crippen molar-refractivity contribution in [3.8, 4) is 0 Å². The van der Waals surface area contributed by atoms with Crippen molar-refractivity contribution in [2.75, 3.05) is 39.5 Å². The summed E-state index contributed by atoms with van der Waals surface area (Å²) in [4.78, 5) is 64.2. The van der Waals surface area contributed by atoms with Crippen molar-refractivity contribution in [1.29, 1.82) is 0 Å². The SMILES string of the molecule is O=C1C=CC([N+](=O)[O-])=C/C1=C1/NCCO1.O=C1C=CC([N+](=O)[O-])=C/C1=C1/NCCO1.O=C1C=CC([N+](=O)[O-])=C/C1=C1/NCCO1.[Mn]. The normalized spacial score (nSPS) is 24.0. The van der Waals surface area contributed by atoms with Gasteiger partial charge in [-0.25, -0.2) is 0 Å². The van der Waals surface area contributed by atoms with Crippen molar-refractivity contribution in [2.45, 2.75) is 0 Å². The Kier molecular flexibility index (Phi) is 11.9. The van der Waals surface area contributed by atoms with E-state index in [4.69, 9.17) is 14.2 Å². The number of nitrogens with zero attached hydrogens (tertiary/aromatic N) is 3. The first-order valence-electron chi connectivity index (χ1n) is 13.1. The first-order chi connectivity index (χ1) is 21.5. The fraction of sp³-hybridized carbons (Fsp3) is 0.222. The minimum Gasteiger partial charge on any atom is -0.477 e. The van der Waals surface area contributed by atoms with Crippen molar-refractivity contribution >= 4 is 17.3 Å². The van der Waals surface area contributed by atoms with Crippen LogP contribution in [0.3, 0.4) is 0 Å². The summed E-state index contributed by atoms with van der Waals surface area (Å²) in [6.45, 7) is 3.23. The maximum absolute atomic E-state index is 11.4. The molecule has 19 heteroatoms. The van der Waals surface area contributed by atoms with Gasteiger partial charge in [0.25, 0.3) is 17.1 Å². The minimum atomic E-state index is -0.543. The minimum absolute atomic E-state index is 0. The zero-order valence-electron chi connectivity index (χ0n) is 23.6. The van der Waals surface area contributed by atoms with Crippen molar-refractivity contribution in [2.24, 2.45) is 0 Å². The van der Waals surface area contributed by atoms with Crippen LogP contribution >= 0.6 is 0 Å². The molecule has 3 N–H and O–H groups in total. The molecule has 0 amide bonds. The van der Waals surface area contributed by atoms with Gasteiger partial charge < -0.3 is 30.2 Å². The Balaban J connectivity index is 0.000000186. The third-order valence-electron chi connectivity index (χ3n) is 6.16. The number of carbonyl (C=O) groups is 3. The molecule has 0 aromatic rings. The van der Waals surface area contributed by atoms with E-state index >= 15 is 0 Å². The molecule has 0 aromatic heterocycles. The Hall–Kier alpha value is -5.81. The predicted octanol–water partition coefficient (Wildman–Crippen LogP) is 0.349. The molecule has 3 fully saturated rings. The van der Waals surface area contributed by atoms with E-state index < -0.39 is 14.8 Å². The van der Waals surface area contributed by atoms with Crippen LogP contribution in [0.25, 0.3) is 0 Å². The average Bonchev–Trinajstić information content (AvgIpc) is 3.83. The second kappa shape index (κ2) is 15.8. The second-order valence-corrected chi connectivity index (χ2v) is 9.13. The van der Waals surface area contributed by atoms with Crippen LogP contribution in [-0.2, 0) is 45.7 Å². The second-order valence-electron chi connectivity index (χ2n) is 9.13. The smallest absolute Gasteiger partial charge is 0.270 e. The topological polar surface area (TPSA) is 244 Å². The first kappa shape index (κ1) is 34.7. The Labute approximate surface area is 269 Å². The van der Waals surface area contributed by atoms with Gasteiger partial charge in [-0.05, 0) is 18.2 Å². The zero-order chi connectivity index (χ0) is 32.5. The van der Waals surface area contributed by atoms with E-state index in [0.29, 0.717) is 57.1 Å². The molecule has 46 heavy (non-hydrogen) atoms. The third-order valence-corrected chi connectivity index (χ3v) is 6.16. The molecular weight excluding hydrogens is 655 g/mol. The molecule has 1 radical (unpaired) electrons. The predicted molar refractivity (Wildman–Crippen MR) is 151 cm³/mol. The van der Waals surface area contributed by atoms with Crippen LogP contribution in [0.2, 0.25) is 0 Å². The molecule has 0 spiro atoms. The summed E-state index contributed by atoms with van der Waals surface area (Å²) >= 11 is 0. The molecule has 0 atom stereocenters. The van der Waals surface area contributed by atoms with Crippen LogP contribution in [-0.4, -0.2) is 71.6 Å². The van der Waals surface area contributed by atoms with E-state index in [0.717, 1.165) is 0 Å². The summed E-state index contributed by atoms with van der Waals surface area (Å²) in [6, 6.07) is 0. The Morgan fingerprint density at radius 3 is 0.957 bits per heavy atom. The number of hydrogen-bond donors (Lipinski definition) is 3. The molecule has 3 aliphatic carbocycles. The molecule has 3 aliphatic heterocycles. The fourth-order valence-corrected chi connectivity index (χ4v) is 4.05. The molecule has 0 aromatic carbocycles. The van der Waals surface area contributed by atoms with Crippen LogP contribution in [0.15, 0.2) is 106 Å². The number of carbonyl (C=O) groups excluding carboxylic acids is 3. The van der Waals surface area contributed by atoms with E-state index in [9.17, 15) is 44.7 Å². The molecule has 6 rings (SSSR count). The molecule has 0 unspecified atom stereocenters. The fourth-order valence-electron chi connectivity index (χ4n) is 4.05. The van der Waals surface area contributed by atoms with Gasteiger partial charge in [-0.3, -0.25) is 44.7 Å². The van der Waals surface area contributed by atoms with Gasteiger partial charge in [0.05, 0.1) is 51.1 Å². The summed E-state index contributed by atoms with van der Waals surface area (Å²) in [5, 5.41) is 40.1. The van der Waals surface area contributed by atoms with Crippen LogP contribution < -0.4 is 16.0 Å². The molecule has 3 heterocycles. The summed E-state index contributed by atoms with van der Waals surface area (Å²) in [5.41, 5.74) is 0.281. The molecule has 0 saturated carbocycles. The van der Waals surface area contributed by atoms with E-state index in [2.05, 4.69) is 16.0 Å². The molecular formula is C27H24MnN6O12. The van der Waals surface area contributed by atoms with E-state index in [-0.39, 0.29) is 68.2 Å². The Morgan fingerprint density at radius 2 is 0.761 bits per heavy atom. The van der Waals surface area contributed by atoms with E-state index in [1.54, 1.807) is 0 Å². The Morgan fingerprint density at radius 1 is 0.500 bits per heavy atom. The Bertz CT molecular complexity index is 1430. The van der Waals surface area contributed by atoms with Gasteiger partial charge in [-0.15, -0.1) is 0 Å². The van der Waals surface area contributed by atoms with Crippen molar-refractivity contribution in [3.63, 3.8) is 0 Å².